The van der Waals surface area contributed by atoms with Crippen LogP contribution in [-0.2, 0) is 0 Å². The molecule has 3 heteroatoms. The summed E-state index contributed by atoms with van der Waals surface area (Å²) in [5.41, 5.74) is 0.354. The maximum Gasteiger partial charge on any atom is 0.0224 e. The third-order valence-electron chi connectivity index (χ3n) is 5.17. The first-order valence-electron chi connectivity index (χ1n) is 8.07. The van der Waals surface area contributed by atoms with Gasteiger partial charge in [-0.3, -0.25) is 9.80 Å². The molecule has 1 N–H and O–H groups in total. The standard InChI is InChI=1S/C16H33N3/c1-13-11-19-9-6-7-14(19)12-18(13)10-8-15(17-5)16(2,3)4/h13-15,17H,6-12H2,1-5H3. The first kappa shape index (κ1) is 15.3. The Labute approximate surface area is 119 Å². The monoisotopic (exact) mass is 267 g/mol. The molecule has 19 heavy (non-hydrogen) atoms. The van der Waals surface area contributed by atoms with Crippen LogP contribution in [0.25, 0.3) is 0 Å². The second-order valence-electron chi connectivity index (χ2n) is 7.63. The zero-order valence-corrected chi connectivity index (χ0v) is 13.6. The second-order valence-corrected chi connectivity index (χ2v) is 7.63. The molecule has 0 aromatic carbocycles. The zero-order chi connectivity index (χ0) is 14.0. The maximum atomic E-state index is 3.51. The van der Waals surface area contributed by atoms with E-state index in [1.165, 1.54) is 45.4 Å². The fourth-order valence-electron chi connectivity index (χ4n) is 3.86. The largest absolute Gasteiger partial charge is 0.316 e. The molecule has 112 valence electrons. The van der Waals surface area contributed by atoms with Crippen molar-refractivity contribution in [2.45, 2.75) is 65.1 Å². The van der Waals surface area contributed by atoms with Crippen LogP contribution < -0.4 is 5.32 Å². The lowest BCUT2D eigenvalue weighted by Gasteiger charge is -2.43. The highest BCUT2D eigenvalue weighted by Crippen LogP contribution is 2.26. The fraction of sp³-hybridized carbons (Fsp3) is 1.00. The van der Waals surface area contributed by atoms with Crippen LogP contribution in [0.4, 0.5) is 0 Å². The van der Waals surface area contributed by atoms with Crippen LogP contribution in [0.3, 0.4) is 0 Å². The maximum absolute atomic E-state index is 3.51. The van der Waals surface area contributed by atoms with E-state index in [4.69, 9.17) is 0 Å². The van der Waals surface area contributed by atoms with Crippen LogP contribution in [0.1, 0.15) is 47.0 Å². The van der Waals surface area contributed by atoms with Crippen molar-refractivity contribution in [1.29, 1.82) is 0 Å². The highest BCUT2D eigenvalue weighted by Gasteiger charge is 2.34. The van der Waals surface area contributed by atoms with Gasteiger partial charge in [0.2, 0.25) is 0 Å². The number of nitrogens with one attached hydrogen (secondary N) is 1. The molecule has 0 aliphatic carbocycles. The summed E-state index contributed by atoms with van der Waals surface area (Å²) in [7, 11) is 2.11. The van der Waals surface area contributed by atoms with Crippen LogP contribution in [0.5, 0.6) is 0 Å². The lowest BCUT2D eigenvalue weighted by Crippen LogP contribution is -2.55. The third-order valence-corrected chi connectivity index (χ3v) is 5.17. The predicted octanol–water partition coefficient (Wildman–Crippen LogP) is 2.18. The number of piperazine rings is 1. The van der Waals surface area contributed by atoms with E-state index >= 15 is 0 Å². The number of hydrogen-bond acceptors (Lipinski definition) is 3. The minimum atomic E-state index is 0.354. The molecule has 0 saturated carbocycles. The molecule has 0 radical (unpaired) electrons. The summed E-state index contributed by atoms with van der Waals surface area (Å²) in [4.78, 5) is 5.43. The molecular weight excluding hydrogens is 234 g/mol. The number of fused-ring (bicyclic) bond motifs is 1. The summed E-state index contributed by atoms with van der Waals surface area (Å²) >= 11 is 0. The van der Waals surface area contributed by atoms with E-state index in [1.807, 2.05) is 0 Å². The van der Waals surface area contributed by atoms with Crippen molar-refractivity contribution in [2.24, 2.45) is 5.41 Å². The molecule has 3 unspecified atom stereocenters. The molecule has 0 aromatic heterocycles. The van der Waals surface area contributed by atoms with E-state index in [9.17, 15) is 0 Å². The average Bonchev–Trinajstić information content (AvgIpc) is 2.75. The summed E-state index contributed by atoms with van der Waals surface area (Å²) in [6.07, 6.45) is 4.08. The molecule has 2 aliphatic rings. The van der Waals surface area contributed by atoms with Crippen LogP contribution in [0, 0.1) is 5.41 Å². The van der Waals surface area contributed by atoms with Crippen LogP contribution in [-0.4, -0.2) is 61.2 Å². The van der Waals surface area contributed by atoms with Crippen molar-refractivity contribution in [1.82, 2.24) is 15.1 Å². The van der Waals surface area contributed by atoms with E-state index in [0.29, 0.717) is 11.5 Å². The Morgan fingerprint density at radius 2 is 2.00 bits per heavy atom. The van der Waals surface area contributed by atoms with Gasteiger partial charge in [-0.05, 0) is 45.2 Å². The Morgan fingerprint density at radius 1 is 1.26 bits per heavy atom. The Bertz CT molecular complexity index is 284. The second kappa shape index (κ2) is 6.11. The first-order valence-corrected chi connectivity index (χ1v) is 8.07. The summed E-state index contributed by atoms with van der Waals surface area (Å²) < 4.78 is 0. The number of nitrogens with zero attached hydrogens (tertiary/aromatic N) is 2. The highest BCUT2D eigenvalue weighted by molar-refractivity contribution is 4.91. The zero-order valence-electron chi connectivity index (χ0n) is 13.6. The molecule has 3 nitrogen and oxygen atoms in total. The van der Waals surface area contributed by atoms with Gasteiger partial charge in [0.05, 0.1) is 0 Å². The summed E-state index contributed by atoms with van der Waals surface area (Å²) in [6, 6.07) is 2.19. The van der Waals surface area contributed by atoms with Gasteiger partial charge in [0, 0.05) is 37.8 Å². The molecule has 2 heterocycles. The van der Waals surface area contributed by atoms with Crippen LogP contribution in [0.15, 0.2) is 0 Å². The van der Waals surface area contributed by atoms with Crippen LogP contribution >= 0.6 is 0 Å². The quantitative estimate of drug-likeness (QED) is 0.842. The summed E-state index contributed by atoms with van der Waals surface area (Å²) in [5, 5.41) is 3.51. The van der Waals surface area contributed by atoms with E-state index in [0.717, 1.165) is 12.1 Å². The minimum absolute atomic E-state index is 0.354. The molecule has 0 spiro atoms. The Morgan fingerprint density at radius 3 is 2.63 bits per heavy atom. The summed E-state index contributed by atoms with van der Waals surface area (Å²) in [6.45, 7) is 14.6. The molecular formula is C16H33N3. The van der Waals surface area contributed by atoms with E-state index < -0.39 is 0 Å². The van der Waals surface area contributed by atoms with Crippen LogP contribution in [0.2, 0.25) is 0 Å². The first-order chi connectivity index (χ1) is 8.91. The van der Waals surface area contributed by atoms with Crippen molar-refractivity contribution in [3.63, 3.8) is 0 Å². The van der Waals surface area contributed by atoms with Gasteiger partial charge in [0.1, 0.15) is 0 Å². The van der Waals surface area contributed by atoms with Gasteiger partial charge < -0.3 is 5.32 Å². The predicted molar refractivity (Wildman–Crippen MR) is 82.5 cm³/mol. The Hall–Kier alpha value is -0.120. The Balaban J connectivity index is 1.85. The van der Waals surface area contributed by atoms with Crippen molar-refractivity contribution in [3.05, 3.63) is 0 Å². The molecule has 2 rings (SSSR count). The average molecular weight is 267 g/mol. The topological polar surface area (TPSA) is 18.5 Å². The van der Waals surface area contributed by atoms with Gasteiger partial charge in [-0.2, -0.15) is 0 Å². The SMILES string of the molecule is CNC(CCN1CC2CCCN2CC1C)C(C)(C)C. The fourth-order valence-corrected chi connectivity index (χ4v) is 3.86. The molecule has 3 atom stereocenters. The third kappa shape index (κ3) is 3.71. The summed E-state index contributed by atoms with van der Waals surface area (Å²) in [5.74, 6) is 0. The number of hydrogen-bond donors (Lipinski definition) is 1. The van der Waals surface area contributed by atoms with Gasteiger partial charge in [-0.1, -0.05) is 20.8 Å². The van der Waals surface area contributed by atoms with Gasteiger partial charge in [-0.25, -0.2) is 0 Å². The van der Waals surface area contributed by atoms with E-state index in [2.05, 4.69) is 49.9 Å². The highest BCUT2D eigenvalue weighted by atomic mass is 15.3. The molecule has 0 bridgehead atoms. The lowest BCUT2D eigenvalue weighted by atomic mass is 9.84. The lowest BCUT2D eigenvalue weighted by molar-refractivity contribution is 0.0534. The molecule has 0 amide bonds. The normalized spacial score (nSPS) is 31.4. The van der Waals surface area contributed by atoms with Gasteiger partial charge >= 0.3 is 0 Å². The number of rotatable bonds is 4. The van der Waals surface area contributed by atoms with E-state index in [-0.39, 0.29) is 0 Å². The minimum Gasteiger partial charge on any atom is -0.316 e. The van der Waals surface area contributed by atoms with Crippen molar-refractivity contribution >= 4 is 0 Å². The smallest absolute Gasteiger partial charge is 0.0224 e. The molecule has 2 fully saturated rings. The van der Waals surface area contributed by atoms with Gasteiger partial charge in [0.15, 0.2) is 0 Å². The van der Waals surface area contributed by atoms with Crippen molar-refractivity contribution in [2.75, 3.05) is 33.2 Å². The van der Waals surface area contributed by atoms with Crippen molar-refractivity contribution < 1.29 is 0 Å². The molecule has 2 saturated heterocycles. The van der Waals surface area contributed by atoms with Gasteiger partial charge in [-0.15, -0.1) is 0 Å². The molecule has 2 aliphatic heterocycles. The Kier molecular flexibility index (Phi) is 4.91. The molecule has 0 aromatic rings. The van der Waals surface area contributed by atoms with Crippen molar-refractivity contribution in [3.8, 4) is 0 Å². The van der Waals surface area contributed by atoms with E-state index in [1.54, 1.807) is 0 Å². The van der Waals surface area contributed by atoms with Gasteiger partial charge in [0.25, 0.3) is 0 Å².